The predicted molar refractivity (Wildman–Crippen MR) is 79.1 cm³/mol. The van der Waals surface area contributed by atoms with Crippen LogP contribution < -0.4 is 0 Å². The van der Waals surface area contributed by atoms with Crippen LogP contribution in [0.4, 0.5) is 0 Å². The summed E-state index contributed by atoms with van der Waals surface area (Å²) < 4.78 is 0. The van der Waals surface area contributed by atoms with Crippen LogP contribution in [0.25, 0.3) is 12.2 Å². The minimum absolute atomic E-state index is 1.16. The zero-order valence-corrected chi connectivity index (χ0v) is 11.4. The summed E-state index contributed by atoms with van der Waals surface area (Å²) in [6, 6.07) is 6.68. The van der Waals surface area contributed by atoms with Gasteiger partial charge in [0.2, 0.25) is 0 Å². The van der Waals surface area contributed by atoms with E-state index < -0.39 is 0 Å². The van der Waals surface area contributed by atoms with Crippen molar-refractivity contribution in [2.45, 2.75) is 46.5 Å². The van der Waals surface area contributed by atoms with E-state index in [-0.39, 0.29) is 0 Å². The van der Waals surface area contributed by atoms with Crippen LogP contribution in [-0.4, -0.2) is 0 Å². The van der Waals surface area contributed by atoms with Crippen molar-refractivity contribution in [2.75, 3.05) is 0 Å². The summed E-state index contributed by atoms with van der Waals surface area (Å²) in [4.78, 5) is 0. The molecule has 0 amide bonds. The molecule has 0 spiro atoms. The molecule has 0 aliphatic carbocycles. The van der Waals surface area contributed by atoms with Crippen molar-refractivity contribution in [2.24, 2.45) is 0 Å². The van der Waals surface area contributed by atoms with Crippen LogP contribution in [0, 0.1) is 6.92 Å². The topological polar surface area (TPSA) is 0 Å². The Kier molecular flexibility index (Phi) is 6.39. The largest absolute Gasteiger partial charge is 0.0840 e. The van der Waals surface area contributed by atoms with Gasteiger partial charge in [-0.05, 0) is 36.5 Å². The van der Waals surface area contributed by atoms with E-state index in [2.05, 4.69) is 63.3 Å². The molecule has 0 bridgehead atoms. The standard InChI is InChI=1S/C17H24/c1-4-6-8-10-16-12-13-17(15(3)14-16)11-9-7-5-2/h8-14H,4-7H2,1-3H3/b10-8+,11-9-. The van der Waals surface area contributed by atoms with Gasteiger partial charge in [-0.1, -0.05) is 69.2 Å². The van der Waals surface area contributed by atoms with Gasteiger partial charge < -0.3 is 0 Å². The van der Waals surface area contributed by atoms with E-state index in [1.54, 1.807) is 0 Å². The Morgan fingerprint density at radius 2 is 1.59 bits per heavy atom. The molecule has 0 radical (unpaired) electrons. The van der Waals surface area contributed by atoms with E-state index in [0.717, 1.165) is 12.8 Å². The highest BCUT2D eigenvalue weighted by Gasteiger charge is 1.94. The van der Waals surface area contributed by atoms with Crippen LogP contribution in [0.2, 0.25) is 0 Å². The maximum absolute atomic E-state index is 2.26. The molecule has 1 aromatic rings. The van der Waals surface area contributed by atoms with E-state index in [9.17, 15) is 0 Å². The Morgan fingerprint density at radius 3 is 2.18 bits per heavy atom. The van der Waals surface area contributed by atoms with Gasteiger partial charge in [-0.25, -0.2) is 0 Å². The first kappa shape index (κ1) is 13.8. The van der Waals surface area contributed by atoms with Gasteiger partial charge in [-0.3, -0.25) is 0 Å². The first-order valence-electron chi connectivity index (χ1n) is 6.71. The fourth-order valence-corrected chi connectivity index (χ4v) is 1.75. The van der Waals surface area contributed by atoms with Crippen molar-refractivity contribution in [1.82, 2.24) is 0 Å². The molecular formula is C17H24. The molecule has 0 aromatic heterocycles. The molecule has 0 heterocycles. The van der Waals surface area contributed by atoms with Gasteiger partial charge in [0.25, 0.3) is 0 Å². The van der Waals surface area contributed by atoms with Crippen LogP contribution in [0.15, 0.2) is 30.4 Å². The van der Waals surface area contributed by atoms with Gasteiger partial charge in [0.1, 0.15) is 0 Å². The molecule has 0 nitrogen and oxygen atoms in total. The van der Waals surface area contributed by atoms with E-state index >= 15 is 0 Å². The van der Waals surface area contributed by atoms with Crippen molar-refractivity contribution >= 4 is 12.2 Å². The molecule has 0 aliphatic heterocycles. The number of aryl methyl sites for hydroxylation is 1. The van der Waals surface area contributed by atoms with Crippen LogP contribution in [0.1, 0.15) is 56.2 Å². The van der Waals surface area contributed by atoms with Crippen molar-refractivity contribution in [3.8, 4) is 0 Å². The fraction of sp³-hybridized carbons (Fsp3) is 0.412. The molecule has 0 heteroatoms. The average Bonchev–Trinajstić information content (AvgIpc) is 2.32. The fourth-order valence-electron chi connectivity index (χ4n) is 1.75. The Labute approximate surface area is 106 Å². The molecular weight excluding hydrogens is 204 g/mol. The molecule has 0 saturated heterocycles. The summed E-state index contributed by atoms with van der Waals surface area (Å²) in [5.74, 6) is 0. The van der Waals surface area contributed by atoms with Gasteiger partial charge >= 0.3 is 0 Å². The van der Waals surface area contributed by atoms with Crippen molar-refractivity contribution in [3.63, 3.8) is 0 Å². The SMILES string of the molecule is CCC/C=C\c1ccc(/C=C/CCC)cc1C. The highest BCUT2D eigenvalue weighted by Crippen LogP contribution is 2.14. The van der Waals surface area contributed by atoms with Crippen molar-refractivity contribution in [1.29, 1.82) is 0 Å². The third-order valence-corrected chi connectivity index (χ3v) is 2.81. The normalized spacial score (nSPS) is 11.7. The zero-order valence-electron chi connectivity index (χ0n) is 11.4. The Balaban J connectivity index is 2.72. The van der Waals surface area contributed by atoms with Crippen molar-refractivity contribution < 1.29 is 0 Å². The molecule has 0 saturated carbocycles. The summed E-state index contributed by atoms with van der Waals surface area (Å²) in [5, 5.41) is 0. The summed E-state index contributed by atoms with van der Waals surface area (Å²) in [6.45, 7) is 6.60. The number of rotatable bonds is 6. The van der Waals surface area contributed by atoms with Crippen LogP contribution in [0.5, 0.6) is 0 Å². The van der Waals surface area contributed by atoms with E-state index in [0.29, 0.717) is 0 Å². The van der Waals surface area contributed by atoms with Crippen molar-refractivity contribution in [3.05, 3.63) is 47.0 Å². The van der Waals surface area contributed by atoms with E-state index in [4.69, 9.17) is 0 Å². The smallest absolute Gasteiger partial charge is 0.0230 e. The number of unbranched alkanes of at least 4 members (excludes halogenated alkanes) is 2. The molecule has 0 N–H and O–H groups in total. The molecule has 0 fully saturated rings. The minimum Gasteiger partial charge on any atom is -0.0840 e. The first-order valence-corrected chi connectivity index (χ1v) is 6.71. The number of hydrogen-bond donors (Lipinski definition) is 0. The second-order valence-corrected chi connectivity index (χ2v) is 4.50. The highest BCUT2D eigenvalue weighted by atomic mass is 14.0. The molecule has 17 heavy (non-hydrogen) atoms. The molecule has 1 rings (SSSR count). The van der Waals surface area contributed by atoms with E-state index in [1.807, 2.05) is 0 Å². The minimum atomic E-state index is 1.16. The lowest BCUT2D eigenvalue weighted by Crippen LogP contribution is -1.82. The monoisotopic (exact) mass is 228 g/mol. The molecule has 92 valence electrons. The predicted octanol–water partition coefficient (Wildman–Crippen LogP) is 5.62. The second kappa shape index (κ2) is 7.89. The number of hydrogen-bond acceptors (Lipinski definition) is 0. The summed E-state index contributed by atoms with van der Waals surface area (Å²) in [7, 11) is 0. The summed E-state index contributed by atoms with van der Waals surface area (Å²) in [5.41, 5.74) is 4.01. The van der Waals surface area contributed by atoms with Gasteiger partial charge in [0, 0.05) is 0 Å². The lowest BCUT2D eigenvalue weighted by Gasteiger charge is -2.02. The van der Waals surface area contributed by atoms with E-state index in [1.165, 1.54) is 29.5 Å². The Morgan fingerprint density at radius 1 is 0.941 bits per heavy atom. The van der Waals surface area contributed by atoms with Crippen LogP contribution in [-0.2, 0) is 0 Å². The third-order valence-electron chi connectivity index (χ3n) is 2.81. The van der Waals surface area contributed by atoms with Gasteiger partial charge in [-0.15, -0.1) is 0 Å². The molecule has 0 aliphatic rings. The van der Waals surface area contributed by atoms with Crippen LogP contribution in [0.3, 0.4) is 0 Å². The lowest BCUT2D eigenvalue weighted by atomic mass is 10.0. The summed E-state index contributed by atoms with van der Waals surface area (Å²) >= 11 is 0. The van der Waals surface area contributed by atoms with Crippen LogP contribution >= 0.6 is 0 Å². The quantitative estimate of drug-likeness (QED) is 0.592. The van der Waals surface area contributed by atoms with Gasteiger partial charge in [0.05, 0.1) is 0 Å². The first-order chi connectivity index (χ1) is 8.27. The van der Waals surface area contributed by atoms with Gasteiger partial charge in [0.15, 0.2) is 0 Å². The Hall–Kier alpha value is -1.30. The number of allylic oxidation sites excluding steroid dienone is 2. The molecule has 0 unspecified atom stereocenters. The van der Waals surface area contributed by atoms with Gasteiger partial charge in [-0.2, -0.15) is 0 Å². The molecule has 0 atom stereocenters. The maximum atomic E-state index is 2.26. The zero-order chi connectivity index (χ0) is 12.5. The third kappa shape index (κ3) is 5.04. The highest BCUT2D eigenvalue weighted by molar-refractivity contribution is 5.59. The number of benzene rings is 1. The average molecular weight is 228 g/mol. The maximum Gasteiger partial charge on any atom is -0.0230 e. The lowest BCUT2D eigenvalue weighted by molar-refractivity contribution is 0.962. The Bertz CT molecular complexity index is 383. The second-order valence-electron chi connectivity index (χ2n) is 4.50. The summed E-state index contributed by atoms with van der Waals surface area (Å²) in [6.07, 6.45) is 13.7. The molecule has 1 aromatic carbocycles.